The van der Waals surface area contributed by atoms with Crippen molar-refractivity contribution < 1.29 is 0 Å². The predicted molar refractivity (Wildman–Crippen MR) is 108 cm³/mol. The average Bonchev–Trinajstić information content (AvgIpc) is 3.18. The Labute approximate surface area is 157 Å². The third-order valence-electron chi connectivity index (χ3n) is 4.26. The Morgan fingerprint density at radius 1 is 1.31 bits per heavy atom. The van der Waals surface area contributed by atoms with Crippen LogP contribution in [0.25, 0.3) is 10.6 Å². The molecule has 1 aromatic heterocycles. The minimum absolute atomic E-state index is 0.625. The molecule has 1 aromatic carbocycles. The molecule has 0 amide bonds. The summed E-state index contributed by atoms with van der Waals surface area (Å²) in [6, 6.07) is 8.35. The van der Waals surface area contributed by atoms with Crippen LogP contribution in [-0.2, 0) is 0 Å². The van der Waals surface area contributed by atoms with Gasteiger partial charge in [-0.2, -0.15) is 5.10 Å². The molecule has 4 rings (SSSR count). The Bertz CT molecular complexity index is 923. The molecule has 2 N–H and O–H groups in total. The van der Waals surface area contributed by atoms with Crippen LogP contribution in [0, 0.1) is 24.7 Å². The van der Waals surface area contributed by atoms with Crippen molar-refractivity contribution in [3.05, 3.63) is 40.4 Å². The molecule has 26 heavy (non-hydrogen) atoms. The molecular weight excluding hydrogens is 342 g/mol. The van der Waals surface area contributed by atoms with Crippen LogP contribution in [0.5, 0.6) is 0 Å². The second kappa shape index (κ2) is 7.30. The number of aliphatic imine (C=N–C) groups is 1. The molecule has 0 spiro atoms. The van der Waals surface area contributed by atoms with Gasteiger partial charge in [-0.05, 0) is 38.8 Å². The largest absolute Gasteiger partial charge is 0.353 e. The van der Waals surface area contributed by atoms with Crippen LogP contribution < -0.4 is 10.7 Å². The van der Waals surface area contributed by atoms with Gasteiger partial charge in [0.15, 0.2) is 0 Å². The Morgan fingerprint density at radius 2 is 2.12 bits per heavy atom. The lowest BCUT2D eigenvalue weighted by Crippen LogP contribution is -2.30. The van der Waals surface area contributed by atoms with E-state index in [1.54, 1.807) is 11.3 Å². The number of nitrogens with zero attached hydrogens (tertiary/aromatic N) is 3. The van der Waals surface area contributed by atoms with Gasteiger partial charge in [-0.15, -0.1) is 11.3 Å². The summed E-state index contributed by atoms with van der Waals surface area (Å²) in [5.41, 5.74) is 7.07. The molecule has 0 unspecified atom stereocenters. The predicted octanol–water partition coefficient (Wildman–Crippen LogP) is 3.15. The summed E-state index contributed by atoms with van der Waals surface area (Å²) in [5.74, 6) is 7.91. The van der Waals surface area contributed by atoms with Gasteiger partial charge in [0.05, 0.1) is 22.8 Å². The maximum Gasteiger partial charge on any atom is 0.212 e. The fourth-order valence-corrected chi connectivity index (χ4v) is 3.64. The molecule has 1 fully saturated rings. The number of thiazole rings is 1. The highest BCUT2D eigenvalue weighted by atomic mass is 32.1. The molecule has 0 bridgehead atoms. The lowest BCUT2D eigenvalue weighted by atomic mass is 10.1. The highest BCUT2D eigenvalue weighted by Crippen LogP contribution is 2.29. The van der Waals surface area contributed by atoms with Crippen molar-refractivity contribution in [2.45, 2.75) is 26.7 Å². The van der Waals surface area contributed by atoms with E-state index in [0.717, 1.165) is 51.5 Å². The topological polar surface area (TPSA) is 61.7 Å². The summed E-state index contributed by atoms with van der Waals surface area (Å²) < 4.78 is 0. The number of hydrogen-bond donors (Lipinski definition) is 2. The third-order valence-corrected chi connectivity index (χ3v) is 5.57. The monoisotopic (exact) mass is 363 g/mol. The number of guanidine groups is 1. The lowest BCUT2D eigenvalue weighted by Gasteiger charge is -2.02. The van der Waals surface area contributed by atoms with Crippen LogP contribution in [0.3, 0.4) is 0 Å². The number of benzene rings is 1. The van der Waals surface area contributed by atoms with E-state index < -0.39 is 0 Å². The Balaban J connectivity index is 1.50. The molecule has 0 atom stereocenters. The van der Waals surface area contributed by atoms with Crippen molar-refractivity contribution in [1.82, 2.24) is 15.7 Å². The van der Waals surface area contributed by atoms with Gasteiger partial charge in [0, 0.05) is 23.6 Å². The maximum atomic E-state index is 4.72. The zero-order valence-corrected chi connectivity index (χ0v) is 15.8. The standard InChI is InChI=1S/C20H21N5S/c1-13-18(14(2)24-25-20-21-11-12-22-20)26-19(23-13)17-9-7-16(8-10-17)6-5-15-3-4-15/h7-10,15H,3-4,11-12H2,1-2H3,(H2,21,22,25)/b24-14+. The first-order valence-corrected chi connectivity index (χ1v) is 9.69. The van der Waals surface area contributed by atoms with E-state index >= 15 is 0 Å². The lowest BCUT2D eigenvalue weighted by molar-refractivity contribution is 0.917. The highest BCUT2D eigenvalue weighted by Gasteiger charge is 2.17. The van der Waals surface area contributed by atoms with E-state index in [0.29, 0.717) is 5.92 Å². The molecule has 2 heterocycles. The van der Waals surface area contributed by atoms with Crippen molar-refractivity contribution in [3.8, 4) is 22.4 Å². The number of nitrogens with one attached hydrogen (secondary N) is 2. The normalized spacial score (nSPS) is 16.5. The van der Waals surface area contributed by atoms with Crippen LogP contribution in [0.2, 0.25) is 0 Å². The SMILES string of the molecule is C/C(=N\NC1=NCCN1)c1sc(-c2ccc(C#CC3CC3)cc2)nc1C. The van der Waals surface area contributed by atoms with Crippen molar-refractivity contribution in [2.24, 2.45) is 16.0 Å². The van der Waals surface area contributed by atoms with Gasteiger partial charge in [-0.25, -0.2) is 15.4 Å². The smallest absolute Gasteiger partial charge is 0.212 e. The summed E-state index contributed by atoms with van der Waals surface area (Å²) in [6.07, 6.45) is 2.51. The van der Waals surface area contributed by atoms with E-state index in [-0.39, 0.29) is 0 Å². The second-order valence-electron chi connectivity index (χ2n) is 6.52. The Kier molecular flexibility index (Phi) is 4.72. The van der Waals surface area contributed by atoms with Gasteiger partial charge in [-0.1, -0.05) is 24.0 Å². The van der Waals surface area contributed by atoms with Crippen LogP contribution in [-0.4, -0.2) is 29.7 Å². The van der Waals surface area contributed by atoms with E-state index in [4.69, 9.17) is 4.98 Å². The molecule has 1 aliphatic carbocycles. The molecule has 1 aliphatic heterocycles. The minimum Gasteiger partial charge on any atom is -0.353 e. The minimum atomic E-state index is 0.625. The Morgan fingerprint density at radius 3 is 2.81 bits per heavy atom. The highest BCUT2D eigenvalue weighted by molar-refractivity contribution is 7.17. The maximum absolute atomic E-state index is 4.72. The fraction of sp³-hybridized carbons (Fsp3) is 0.350. The summed E-state index contributed by atoms with van der Waals surface area (Å²) in [7, 11) is 0. The number of hydrazone groups is 1. The van der Waals surface area contributed by atoms with Crippen molar-refractivity contribution >= 4 is 23.0 Å². The van der Waals surface area contributed by atoms with Crippen molar-refractivity contribution in [2.75, 3.05) is 13.1 Å². The molecule has 5 nitrogen and oxygen atoms in total. The zero-order chi connectivity index (χ0) is 17.9. The van der Waals surface area contributed by atoms with Gasteiger partial charge in [-0.3, -0.25) is 0 Å². The number of aryl methyl sites for hydroxylation is 1. The fourth-order valence-electron chi connectivity index (χ4n) is 2.63. The first-order valence-electron chi connectivity index (χ1n) is 8.87. The third kappa shape index (κ3) is 3.94. The number of hydrogen-bond acceptors (Lipinski definition) is 6. The molecule has 132 valence electrons. The summed E-state index contributed by atoms with van der Waals surface area (Å²) in [4.78, 5) is 10.1. The van der Waals surface area contributed by atoms with Crippen LogP contribution in [0.1, 0.15) is 35.9 Å². The first kappa shape index (κ1) is 16.8. The van der Waals surface area contributed by atoms with Gasteiger partial charge >= 0.3 is 0 Å². The molecule has 6 heteroatoms. The molecule has 0 saturated heterocycles. The molecule has 0 radical (unpaired) electrons. The van der Waals surface area contributed by atoms with E-state index in [1.807, 2.05) is 13.8 Å². The molecule has 1 saturated carbocycles. The number of aromatic nitrogens is 1. The summed E-state index contributed by atoms with van der Waals surface area (Å²) >= 11 is 1.66. The van der Waals surface area contributed by atoms with Gasteiger partial charge in [0.25, 0.3) is 0 Å². The zero-order valence-electron chi connectivity index (χ0n) is 15.0. The van der Waals surface area contributed by atoms with Gasteiger partial charge in [0.1, 0.15) is 5.01 Å². The quantitative estimate of drug-likeness (QED) is 0.500. The second-order valence-corrected chi connectivity index (χ2v) is 7.52. The molecule has 2 aromatic rings. The summed E-state index contributed by atoms with van der Waals surface area (Å²) in [5, 5.41) is 8.58. The van der Waals surface area contributed by atoms with Crippen LogP contribution in [0.15, 0.2) is 34.4 Å². The first-order chi connectivity index (χ1) is 12.7. The van der Waals surface area contributed by atoms with E-state index in [2.05, 4.69) is 56.9 Å². The Hall–Kier alpha value is -2.65. The van der Waals surface area contributed by atoms with Gasteiger partial charge in [0.2, 0.25) is 5.96 Å². The van der Waals surface area contributed by atoms with Crippen molar-refractivity contribution in [3.63, 3.8) is 0 Å². The molecular formula is C20H21N5S. The van der Waals surface area contributed by atoms with Crippen LogP contribution >= 0.6 is 11.3 Å². The van der Waals surface area contributed by atoms with E-state index in [1.165, 1.54) is 12.8 Å². The molecule has 2 aliphatic rings. The van der Waals surface area contributed by atoms with Gasteiger partial charge < -0.3 is 5.32 Å². The summed E-state index contributed by atoms with van der Waals surface area (Å²) in [6.45, 7) is 5.67. The van der Waals surface area contributed by atoms with Crippen LogP contribution in [0.4, 0.5) is 0 Å². The average molecular weight is 363 g/mol. The number of rotatable bonds is 3. The van der Waals surface area contributed by atoms with Crippen molar-refractivity contribution in [1.29, 1.82) is 0 Å². The van der Waals surface area contributed by atoms with E-state index in [9.17, 15) is 0 Å².